The summed E-state index contributed by atoms with van der Waals surface area (Å²) in [6.07, 6.45) is -0.580. The lowest BCUT2D eigenvalue weighted by molar-refractivity contribution is 0.144. The Bertz CT molecular complexity index is 1170. The molecule has 9 heteroatoms. The molecule has 0 atom stereocenters. The molecule has 7 nitrogen and oxygen atoms in total. The van der Waals surface area contributed by atoms with Crippen LogP contribution in [0.15, 0.2) is 47.4 Å². The first kappa shape index (κ1) is 19.8. The second-order valence-electron chi connectivity index (χ2n) is 7.10. The standard InChI is InChI=1S/C21H19F2N3O4/c1-24-7-9-25(10-8-24)19-15(22)11-14-18(17(19)23)26(13-5-3-2-4-6-13)12-16(20(14)27)30-21(28)29/h2-6,11-12H,7-10H2,1H3,(H,28,29). The van der Waals surface area contributed by atoms with Crippen LogP contribution in [0.25, 0.3) is 16.6 Å². The normalized spacial score (nSPS) is 14.8. The Morgan fingerprint density at radius 1 is 1.10 bits per heavy atom. The molecule has 1 aliphatic heterocycles. The van der Waals surface area contributed by atoms with Crippen molar-refractivity contribution in [3.8, 4) is 11.4 Å². The number of piperazine rings is 1. The zero-order valence-corrected chi connectivity index (χ0v) is 16.1. The molecule has 0 aliphatic carbocycles. The van der Waals surface area contributed by atoms with E-state index in [-0.39, 0.29) is 16.6 Å². The quantitative estimate of drug-likeness (QED) is 0.663. The summed E-state index contributed by atoms with van der Waals surface area (Å²) in [6, 6.07) is 9.44. The molecule has 0 unspecified atom stereocenters. The molecular weight excluding hydrogens is 396 g/mol. The molecule has 0 amide bonds. The van der Waals surface area contributed by atoms with Crippen molar-refractivity contribution in [3.63, 3.8) is 0 Å². The summed E-state index contributed by atoms with van der Waals surface area (Å²) < 4.78 is 36.6. The van der Waals surface area contributed by atoms with Crippen LogP contribution < -0.4 is 15.1 Å². The molecular formula is C21H19F2N3O4. The summed E-state index contributed by atoms with van der Waals surface area (Å²) in [5.74, 6) is -2.30. The monoisotopic (exact) mass is 415 g/mol. The molecule has 1 N–H and O–H groups in total. The molecule has 2 heterocycles. The van der Waals surface area contributed by atoms with Gasteiger partial charge in [0.1, 0.15) is 11.5 Å². The molecule has 0 radical (unpaired) electrons. The van der Waals surface area contributed by atoms with E-state index in [0.29, 0.717) is 31.9 Å². The van der Waals surface area contributed by atoms with Crippen molar-refractivity contribution >= 4 is 22.7 Å². The smallest absolute Gasteiger partial charge is 0.449 e. The highest BCUT2D eigenvalue weighted by Gasteiger charge is 2.26. The van der Waals surface area contributed by atoms with Crippen LogP contribution in [0.2, 0.25) is 0 Å². The van der Waals surface area contributed by atoms with E-state index in [1.165, 1.54) is 4.57 Å². The third kappa shape index (κ3) is 3.48. The summed E-state index contributed by atoms with van der Waals surface area (Å²) in [6.45, 7) is 2.17. The summed E-state index contributed by atoms with van der Waals surface area (Å²) in [5.41, 5.74) is -0.777. The average Bonchev–Trinajstić information content (AvgIpc) is 2.72. The van der Waals surface area contributed by atoms with E-state index in [1.807, 2.05) is 7.05 Å². The Morgan fingerprint density at radius 3 is 2.40 bits per heavy atom. The highest BCUT2D eigenvalue weighted by molar-refractivity contribution is 5.87. The minimum absolute atomic E-state index is 0.140. The van der Waals surface area contributed by atoms with E-state index in [2.05, 4.69) is 9.64 Å². The molecule has 1 fully saturated rings. The maximum Gasteiger partial charge on any atom is 0.511 e. The molecule has 0 saturated carbocycles. The van der Waals surface area contributed by atoms with E-state index in [9.17, 15) is 14.0 Å². The van der Waals surface area contributed by atoms with Gasteiger partial charge in [-0.3, -0.25) is 4.79 Å². The number of halogens is 2. The lowest BCUT2D eigenvalue weighted by Crippen LogP contribution is -2.45. The fraction of sp³-hybridized carbons (Fsp3) is 0.238. The summed E-state index contributed by atoms with van der Waals surface area (Å²) in [7, 11) is 1.93. The van der Waals surface area contributed by atoms with Crippen molar-refractivity contribution < 1.29 is 23.4 Å². The van der Waals surface area contributed by atoms with Gasteiger partial charge in [0, 0.05) is 31.9 Å². The van der Waals surface area contributed by atoms with Gasteiger partial charge in [-0.15, -0.1) is 0 Å². The summed E-state index contributed by atoms with van der Waals surface area (Å²) >= 11 is 0. The van der Waals surface area contributed by atoms with Gasteiger partial charge in [0.05, 0.1) is 17.1 Å². The van der Waals surface area contributed by atoms with Crippen LogP contribution in [0.5, 0.6) is 5.75 Å². The molecule has 0 bridgehead atoms. The number of nitrogens with zero attached hydrogens (tertiary/aromatic N) is 3. The van der Waals surface area contributed by atoms with Crippen LogP contribution in [0, 0.1) is 11.6 Å². The first-order valence-electron chi connectivity index (χ1n) is 9.34. The predicted octanol–water partition coefficient (Wildman–Crippen LogP) is 3.08. The molecule has 3 aromatic rings. The number of fused-ring (bicyclic) bond motifs is 1. The summed E-state index contributed by atoms with van der Waals surface area (Å²) in [5, 5.41) is 8.64. The number of ether oxygens (including phenoxy) is 1. The molecule has 2 aromatic carbocycles. The van der Waals surface area contributed by atoms with Crippen molar-refractivity contribution in [2.24, 2.45) is 0 Å². The van der Waals surface area contributed by atoms with E-state index in [4.69, 9.17) is 5.11 Å². The van der Waals surface area contributed by atoms with E-state index < -0.39 is 29.0 Å². The second-order valence-corrected chi connectivity index (χ2v) is 7.10. The highest BCUT2D eigenvalue weighted by Crippen LogP contribution is 2.32. The molecule has 30 heavy (non-hydrogen) atoms. The minimum Gasteiger partial charge on any atom is -0.449 e. The zero-order valence-electron chi connectivity index (χ0n) is 16.1. The second kappa shape index (κ2) is 7.75. The zero-order chi connectivity index (χ0) is 21.4. The Labute approximate surface area is 170 Å². The fourth-order valence-corrected chi connectivity index (χ4v) is 3.66. The number of aromatic nitrogens is 1. The Balaban J connectivity index is 2.01. The van der Waals surface area contributed by atoms with Gasteiger partial charge in [-0.05, 0) is 25.2 Å². The number of rotatable bonds is 3. The van der Waals surface area contributed by atoms with Gasteiger partial charge in [0.2, 0.25) is 5.43 Å². The number of carbonyl (C=O) groups is 1. The van der Waals surface area contributed by atoms with Crippen LogP contribution in [0.1, 0.15) is 0 Å². The first-order valence-corrected chi connectivity index (χ1v) is 9.34. The summed E-state index contributed by atoms with van der Waals surface area (Å²) in [4.78, 5) is 27.4. The first-order chi connectivity index (χ1) is 14.4. The Kier molecular flexibility index (Phi) is 5.13. The molecule has 0 spiro atoms. The van der Waals surface area contributed by atoms with Crippen molar-refractivity contribution in [3.05, 3.63) is 64.5 Å². The number of likely N-dealkylation sites (N-methyl/N-ethyl adjacent to an activating group) is 1. The van der Waals surface area contributed by atoms with Crippen molar-refractivity contribution in [2.75, 3.05) is 38.1 Å². The van der Waals surface area contributed by atoms with Crippen LogP contribution in [0.3, 0.4) is 0 Å². The maximum absolute atomic E-state index is 15.7. The number of anilines is 1. The van der Waals surface area contributed by atoms with Gasteiger partial charge in [0.25, 0.3) is 0 Å². The van der Waals surface area contributed by atoms with Gasteiger partial charge >= 0.3 is 6.16 Å². The van der Waals surface area contributed by atoms with Crippen LogP contribution in [-0.2, 0) is 0 Å². The van der Waals surface area contributed by atoms with Crippen molar-refractivity contribution in [1.29, 1.82) is 0 Å². The predicted molar refractivity (Wildman–Crippen MR) is 108 cm³/mol. The van der Waals surface area contributed by atoms with E-state index >= 15 is 4.39 Å². The number of carboxylic acid groups (broad SMARTS) is 1. The van der Waals surface area contributed by atoms with Gasteiger partial charge in [-0.1, -0.05) is 18.2 Å². The SMILES string of the molecule is CN1CCN(c2c(F)cc3c(=O)c(OC(=O)O)cn(-c4ccccc4)c3c2F)CC1. The number of benzene rings is 2. The molecule has 1 aromatic heterocycles. The Hall–Kier alpha value is -3.46. The topological polar surface area (TPSA) is 75.0 Å². The lowest BCUT2D eigenvalue weighted by Gasteiger charge is -2.34. The Morgan fingerprint density at radius 2 is 1.77 bits per heavy atom. The van der Waals surface area contributed by atoms with Crippen LogP contribution in [0.4, 0.5) is 19.3 Å². The maximum atomic E-state index is 15.7. The minimum atomic E-state index is -1.69. The van der Waals surface area contributed by atoms with Gasteiger partial charge in [-0.25, -0.2) is 13.6 Å². The van der Waals surface area contributed by atoms with Gasteiger partial charge in [-0.2, -0.15) is 0 Å². The van der Waals surface area contributed by atoms with E-state index in [0.717, 1.165) is 12.3 Å². The fourth-order valence-electron chi connectivity index (χ4n) is 3.66. The molecule has 156 valence electrons. The van der Waals surface area contributed by atoms with Crippen LogP contribution in [-0.4, -0.2) is 54.0 Å². The largest absolute Gasteiger partial charge is 0.511 e. The van der Waals surface area contributed by atoms with Crippen LogP contribution >= 0.6 is 0 Å². The third-order valence-electron chi connectivity index (χ3n) is 5.18. The van der Waals surface area contributed by atoms with Gasteiger partial charge < -0.3 is 24.2 Å². The molecule has 1 aliphatic rings. The lowest BCUT2D eigenvalue weighted by atomic mass is 10.1. The van der Waals surface area contributed by atoms with Crippen molar-refractivity contribution in [1.82, 2.24) is 9.47 Å². The highest BCUT2D eigenvalue weighted by atomic mass is 19.1. The van der Waals surface area contributed by atoms with E-state index in [1.54, 1.807) is 35.2 Å². The number of hydrogen-bond donors (Lipinski definition) is 1. The number of pyridine rings is 1. The number of hydrogen-bond acceptors (Lipinski definition) is 5. The van der Waals surface area contributed by atoms with Crippen molar-refractivity contribution in [2.45, 2.75) is 0 Å². The third-order valence-corrected chi connectivity index (χ3v) is 5.18. The number of para-hydroxylation sites is 1. The molecule has 1 saturated heterocycles. The van der Waals surface area contributed by atoms with Gasteiger partial charge in [0.15, 0.2) is 11.6 Å². The molecule has 4 rings (SSSR count). The average molecular weight is 415 g/mol.